The Morgan fingerprint density at radius 2 is 1.94 bits per heavy atom. The Morgan fingerprint density at radius 1 is 1.44 bits per heavy atom. The van der Waals surface area contributed by atoms with Crippen molar-refractivity contribution in [2.75, 3.05) is 6.54 Å². The highest BCUT2D eigenvalue weighted by molar-refractivity contribution is 5.81. The minimum Gasteiger partial charge on any atom is -0.387 e. The number of halogens is 2. The number of hydrogen-bond acceptors (Lipinski definition) is 4. The van der Waals surface area contributed by atoms with Crippen LogP contribution in [0.1, 0.15) is 20.3 Å². The lowest BCUT2D eigenvalue weighted by molar-refractivity contribution is -0.132. The van der Waals surface area contributed by atoms with Gasteiger partial charge in [0.2, 0.25) is 0 Å². The van der Waals surface area contributed by atoms with Crippen LogP contribution < -0.4 is 11.1 Å². The zero-order valence-electron chi connectivity index (χ0n) is 9.28. The van der Waals surface area contributed by atoms with Crippen LogP contribution in [0.2, 0.25) is 0 Å². The Bertz CT molecular complexity index is 231. The van der Waals surface area contributed by atoms with Crippen molar-refractivity contribution in [1.29, 1.82) is 0 Å². The van der Waals surface area contributed by atoms with Crippen molar-refractivity contribution in [2.45, 2.75) is 44.4 Å². The lowest BCUT2D eigenvalue weighted by Gasteiger charge is -2.24. The third-order valence-electron chi connectivity index (χ3n) is 1.98. The molecular weight excluding hydrogens is 222 g/mol. The molecule has 2 atom stereocenters. The van der Waals surface area contributed by atoms with Crippen molar-refractivity contribution in [3.05, 3.63) is 0 Å². The first kappa shape index (κ1) is 15.2. The van der Waals surface area contributed by atoms with Gasteiger partial charge in [0.25, 0.3) is 12.3 Å². The van der Waals surface area contributed by atoms with Gasteiger partial charge in [-0.15, -0.1) is 0 Å². The third kappa shape index (κ3) is 5.34. The Labute approximate surface area is 92.6 Å². The zero-order valence-corrected chi connectivity index (χ0v) is 9.28. The number of nitrogens with two attached hydrogens (primary N) is 1. The molecule has 0 spiro atoms. The Hall–Kier alpha value is -0.790. The monoisotopic (exact) mass is 240 g/mol. The normalized spacial score (nSPS) is 16.0. The number of amides is 1. The average Bonchev–Trinajstić information content (AvgIpc) is 2.14. The van der Waals surface area contributed by atoms with E-state index in [1.54, 1.807) is 0 Å². The van der Waals surface area contributed by atoms with E-state index in [0.717, 1.165) is 0 Å². The van der Waals surface area contributed by atoms with Gasteiger partial charge in [-0.05, 0) is 20.3 Å². The molecule has 0 fully saturated rings. The molecule has 0 bridgehead atoms. The fourth-order valence-electron chi connectivity index (χ4n) is 0.904. The van der Waals surface area contributed by atoms with Crippen molar-refractivity contribution in [3.63, 3.8) is 0 Å². The van der Waals surface area contributed by atoms with E-state index in [1.165, 1.54) is 13.8 Å². The first-order chi connectivity index (χ1) is 7.16. The summed E-state index contributed by atoms with van der Waals surface area (Å²) in [4.78, 5) is 11.2. The number of carbonyl (C=O) groups is 1. The second kappa shape index (κ2) is 6.07. The molecule has 0 saturated carbocycles. The number of carbonyl (C=O) groups excluding carboxylic acids is 1. The van der Waals surface area contributed by atoms with Crippen LogP contribution in [0.5, 0.6) is 0 Å². The zero-order chi connectivity index (χ0) is 12.9. The summed E-state index contributed by atoms with van der Waals surface area (Å²) in [5.41, 5.74) is 4.37. The molecule has 5 nitrogen and oxygen atoms in total. The van der Waals surface area contributed by atoms with Crippen LogP contribution in [-0.2, 0) is 4.79 Å². The lowest BCUT2D eigenvalue weighted by Crippen LogP contribution is -2.53. The maximum atomic E-state index is 11.9. The quantitative estimate of drug-likeness (QED) is 0.489. The molecule has 96 valence electrons. The molecule has 0 aromatic heterocycles. The van der Waals surface area contributed by atoms with E-state index >= 15 is 0 Å². The number of alkyl halides is 2. The van der Waals surface area contributed by atoms with Crippen molar-refractivity contribution in [3.8, 4) is 0 Å². The summed E-state index contributed by atoms with van der Waals surface area (Å²) in [7, 11) is 0. The second-order valence-electron chi connectivity index (χ2n) is 4.21. The topological polar surface area (TPSA) is 95.6 Å². The molecule has 16 heavy (non-hydrogen) atoms. The molecule has 0 aliphatic heterocycles. The standard InChI is InChI=1S/C9H18F2N2O3/c1-9(2,12)6(15)8(16)13-4-3-5(14)7(10)11/h5-7,14-15H,3-4,12H2,1-2H3,(H,13,16). The molecule has 0 rings (SSSR count). The molecule has 0 heterocycles. The molecule has 0 aliphatic rings. The van der Waals surface area contributed by atoms with Gasteiger partial charge in [-0.1, -0.05) is 0 Å². The molecule has 2 unspecified atom stereocenters. The van der Waals surface area contributed by atoms with Crippen LogP contribution in [0.25, 0.3) is 0 Å². The fourth-order valence-corrected chi connectivity index (χ4v) is 0.904. The Balaban J connectivity index is 3.91. The number of aliphatic hydroxyl groups excluding tert-OH is 2. The maximum Gasteiger partial charge on any atom is 0.264 e. The van der Waals surface area contributed by atoms with Crippen molar-refractivity contribution < 1.29 is 23.8 Å². The predicted molar refractivity (Wildman–Crippen MR) is 53.9 cm³/mol. The van der Waals surface area contributed by atoms with Gasteiger partial charge in [-0.2, -0.15) is 0 Å². The smallest absolute Gasteiger partial charge is 0.264 e. The average molecular weight is 240 g/mol. The summed E-state index contributed by atoms with van der Waals surface area (Å²) >= 11 is 0. The van der Waals surface area contributed by atoms with Crippen LogP contribution in [0.15, 0.2) is 0 Å². The van der Waals surface area contributed by atoms with Gasteiger partial charge in [0.05, 0.1) is 0 Å². The highest BCUT2D eigenvalue weighted by Crippen LogP contribution is 2.06. The second-order valence-corrected chi connectivity index (χ2v) is 4.21. The Morgan fingerprint density at radius 3 is 2.31 bits per heavy atom. The van der Waals surface area contributed by atoms with E-state index in [2.05, 4.69) is 5.32 Å². The van der Waals surface area contributed by atoms with Gasteiger partial charge in [-0.25, -0.2) is 8.78 Å². The highest BCUT2D eigenvalue weighted by Gasteiger charge is 2.29. The van der Waals surface area contributed by atoms with Gasteiger partial charge in [0, 0.05) is 12.1 Å². The molecule has 0 saturated heterocycles. The van der Waals surface area contributed by atoms with Crippen molar-refractivity contribution in [2.24, 2.45) is 5.73 Å². The SMILES string of the molecule is CC(C)(N)C(O)C(=O)NCCC(O)C(F)F. The summed E-state index contributed by atoms with van der Waals surface area (Å²) in [5.74, 6) is -0.742. The van der Waals surface area contributed by atoms with Gasteiger partial charge in [-0.3, -0.25) is 4.79 Å². The third-order valence-corrected chi connectivity index (χ3v) is 1.98. The molecule has 0 aliphatic carbocycles. The minimum atomic E-state index is -2.84. The molecule has 7 heteroatoms. The van der Waals surface area contributed by atoms with Gasteiger partial charge >= 0.3 is 0 Å². The molecule has 0 radical (unpaired) electrons. The first-order valence-electron chi connectivity index (χ1n) is 4.87. The van der Waals surface area contributed by atoms with Crippen LogP contribution in [0.4, 0.5) is 8.78 Å². The summed E-state index contributed by atoms with van der Waals surface area (Å²) in [6, 6.07) is 0. The van der Waals surface area contributed by atoms with Crippen LogP contribution >= 0.6 is 0 Å². The number of hydrogen-bond donors (Lipinski definition) is 4. The minimum absolute atomic E-state index is 0.141. The highest BCUT2D eigenvalue weighted by atomic mass is 19.3. The predicted octanol–water partition coefficient (Wildman–Crippen LogP) is -0.783. The summed E-state index contributed by atoms with van der Waals surface area (Å²) in [5, 5.41) is 20.3. The molecular formula is C9H18F2N2O3. The summed E-state index contributed by atoms with van der Waals surface area (Å²) in [6.07, 6.45) is -6.31. The fraction of sp³-hybridized carbons (Fsp3) is 0.889. The molecule has 0 aromatic carbocycles. The lowest BCUT2D eigenvalue weighted by atomic mass is 9.98. The molecule has 1 amide bonds. The van der Waals surface area contributed by atoms with Crippen molar-refractivity contribution >= 4 is 5.91 Å². The van der Waals surface area contributed by atoms with Gasteiger partial charge in [0.1, 0.15) is 12.2 Å². The summed E-state index contributed by atoms with van der Waals surface area (Å²) < 4.78 is 23.7. The van der Waals surface area contributed by atoms with E-state index in [0.29, 0.717) is 0 Å². The van der Waals surface area contributed by atoms with E-state index < -0.39 is 30.1 Å². The van der Waals surface area contributed by atoms with E-state index in [-0.39, 0.29) is 13.0 Å². The number of aliphatic hydroxyl groups is 2. The van der Waals surface area contributed by atoms with E-state index in [1.807, 2.05) is 0 Å². The number of rotatable bonds is 6. The van der Waals surface area contributed by atoms with Crippen LogP contribution in [0, 0.1) is 0 Å². The molecule has 0 aromatic rings. The first-order valence-corrected chi connectivity index (χ1v) is 4.87. The van der Waals surface area contributed by atoms with E-state index in [4.69, 9.17) is 10.8 Å². The number of nitrogens with one attached hydrogen (secondary N) is 1. The molecule has 5 N–H and O–H groups in total. The maximum absolute atomic E-state index is 11.9. The van der Waals surface area contributed by atoms with Crippen LogP contribution in [0.3, 0.4) is 0 Å². The summed E-state index contributed by atoms with van der Waals surface area (Å²) in [6.45, 7) is 2.79. The van der Waals surface area contributed by atoms with Gasteiger partial charge < -0.3 is 21.3 Å². The van der Waals surface area contributed by atoms with Crippen molar-refractivity contribution in [1.82, 2.24) is 5.32 Å². The van der Waals surface area contributed by atoms with E-state index in [9.17, 15) is 18.7 Å². The Kier molecular flexibility index (Phi) is 5.77. The largest absolute Gasteiger partial charge is 0.387 e. The van der Waals surface area contributed by atoms with Gasteiger partial charge in [0.15, 0.2) is 0 Å². The van der Waals surface area contributed by atoms with Crippen LogP contribution in [-0.4, -0.2) is 46.8 Å².